The van der Waals surface area contributed by atoms with Gasteiger partial charge in [-0.05, 0) is 56.6 Å². The van der Waals surface area contributed by atoms with Gasteiger partial charge in [0.1, 0.15) is 0 Å². The molecule has 0 fully saturated rings. The molecule has 0 saturated carbocycles. The number of nitrogens with zero attached hydrogens (tertiary/aromatic N) is 1. The van der Waals surface area contributed by atoms with Crippen LogP contribution in [0.1, 0.15) is 57.6 Å². The van der Waals surface area contributed by atoms with Crippen molar-refractivity contribution in [2.75, 3.05) is 19.6 Å². The molecular formula is C17H29BrN2. The fraction of sp³-hybridized carbons (Fsp3) is 0.647. The van der Waals surface area contributed by atoms with Crippen molar-refractivity contribution in [1.29, 1.82) is 0 Å². The van der Waals surface area contributed by atoms with Crippen molar-refractivity contribution in [2.24, 2.45) is 5.73 Å². The Bertz CT molecular complexity index is 343. The van der Waals surface area contributed by atoms with E-state index in [4.69, 9.17) is 5.73 Å². The molecule has 1 aromatic carbocycles. The minimum absolute atomic E-state index is 0.147. The predicted octanol–water partition coefficient (Wildman–Crippen LogP) is 4.74. The summed E-state index contributed by atoms with van der Waals surface area (Å²) in [6, 6.07) is 8.53. The van der Waals surface area contributed by atoms with E-state index in [0.717, 1.165) is 17.4 Å². The molecule has 1 aromatic rings. The minimum Gasteiger partial charge on any atom is -0.324 e. The van der Waals surface area contributed by atoms with E-state index in [1.807, 2.05) is 0 Å². The van der Waals surface area contributed by atoms with E-state index in [1.54, 1.807) is 0 Å². The summed E-state index contributed by atoms with van der Waals surface area (Å²) in [5.41, 5.74) is 7.54. The summed E-state index contributed by atoms with van der Waals surface area (Å²) in [5.74, 6) is 0. The van der Waals surface area contributed by atoms with Crippen molar-refractivity contribution in [1.82, 2.24) is 4.90 Å². The van der Waals surface area contributed by atoms with Gasteiger partial charge in [-0.3, -0.25) is 0 Å². The Hall–Kier alpha value is -0.380. The maximum atomic E-state index is 6.31. The molecule has 3 heteroatoms. The molecule has 0 saturated heterocycles. The van der Waals surface area contributed by atoms with E-state index >= 15 is 0 Å². The van der Waals surface area contributed by atoms with Gasteiger partial charge < -0.3 is 10.6 Å². The summed E-state index contributed by atoms with van der Waals surface area (Å²) in [5, 5.41) is 0. The second kappa shape index (κ2) is 10.4. The Morgan fingerprint density at radius 1 is 1.00 bits per heavy atom. The van der Waals surface area contributed by atoms with E-state index in [2.05, 4.69) is 58.9 Å². The summed E-state index contributed by atoms with van der Waals surface area (Å²) >= 11 is 3.46. The van der Waals surface area contributed by atoms with Crippen LogP contribution < -0.4 is 5.73 Å². The van der Waals surface area contributed by atoms with Crippen LogP contribution >= 0.6 is 15.9 Å². The molecule has 2 nitrogen and oxygen atoms in total. The second-order valence-corrected chi connectivity index (χ2v) is 6.41. The number of benzene rings is 1. The topological polar surface area (TPSA) is 29.3 Å². The summed E-state index contributed by atoms with van der Waals surface area (Å²) in [4.78, 5) is 2.58. The van der Waals surface area contributed by atoms with Crippen LogP contribution in [-0.2, 0) is 0 Å². The Kier molecular flexibility index (Phi) is 9.16. The molecule has 20 heavy (non-hydrogen) atoms. The van der Waals surface area contributed by atoms with E-state index in [-0.39, 0.29) is 6.04 Å². The van der Waals surface area contributed by atoms with Crippen LogP contribution in [0, 0.1) is 0 Å². The highest BCUT2D eigenvalue weighted by Gasteiger charge is 2.09. The fourth-order valence-corrected chi connectivity index (χ4v) is 2.56. The average Bonchev–Trinajstić information content (AvgIpc) is 2.47. The zero-order valence-corrected chi connectivity index (χ0v) is 14.5. The number of halogens is 1. The van der Waals surface area contributed by atoms with Crippen molar-refractivity contribution < 1.29 is 0 Å². The van der Waals surface area contributed by atoms with Crippen LogP contribution in [0.25, 0.3) is 0 Å². The lowest BCUT2D eigenvalue weighted by molar-refractivity contribution is 0.255. The number of nitrogens with two attached hydrogens (primary N) is 1. The van der Waals surface area contributed by atoms with Gasteiger partial charge in [0.05, 0.1) is 0 Å². The first-order valence-corrected chi connectivity index (χ1v) is 8.70. The molecule has 0 heterocycles. The molecular weight excluding hydrogens is 312 g/mol. The van der Waals surface area contributed by atoms with Gasteiger partial charge in [0.15, 0.2) is 0 Å². The molecule has 0 spiro atoms. The van der Waals surface area contributed by atoms with E-state index < -0.39 is 0 Å². The molecule has 0 radical (unpaired) electrons. The first kappa shape index (κ1) is 17.7. The summed E-state index contributed by atoms with van der Waals surface area (Å²) in [6.45, 7) is 8.04. The molecule has 0 aliphatic rings. The van der Waals surface area contributed by atoms with Crippen LogP contribution in [0.4, 0.5) is 0 Å². The zero-order valence-electron chi connectivity index (χ0n) is 12.9. The van der Waals surface area contributed by atoms with Gasteiger partial charge >= 0.3 is 0 Å². The molecule has 1 atom stereocenters. The van der Waals surface area contributed by atoms with Crippen molar-refractivity contribution in [2.45, 2.75) is 52.0 Å². The van der Waals surface area contributed by atoms with Crippen LogP contribution in [0.15, 0.2) is 28.7 Å². The second-order valence-electron chi connectivity index (χ2n) is 5.50. The quantitative estimate of drug-likeness (QED) is 0.666. The molecule has 0 amide bonds. The van der Waals surface area contributed by atoms with Gasteiger partial charge in [-0.2, -0.15) is 0 Å². The predicted molar refractivity (Wildman–Crippen MR) is 91.9 cm³/mol. The van der Waals surface area contributed by atoms with Crippen LogP contribution in [0.2, 0.25) is 0 Å². The summed E-state index contributed by atoms with van der Waals surface area (Å²) in [7, 11) is 0. The van der Waals surface area contributed by atoms with Gasteiger partial charge in [0.25, 0.3) is 0 Å². The SMILES string of the molecule is CCCCN(CCCC)CCC(N)c1ccc(Br)cc1. The lowest BCUT2D eigenvalue weighted by Gasteiger charge is -2.23. The Morgan fingerprint density at radius 3 is 2.05 bits per heavy atom. The Morgan fingerprint density at radius 2 is 1.55 bits per heavy atom. The molecule has 0 aliphatic heterocycles. The molecule has 0 aliphatic carbocycles. The highest BCUT2D eigenvalue weighted by molar-refractivity contribution is 9.10. The van der Waals surface area contributed by atoms with Crippen LogP contribution in [0.3, 0.4) is 0 Å². The Labute approximate surface area is 132 Å². The molecule has 1 rings (SSSR count). The van der Waals surface area contributed by atoms with Crippen LogP contribution in [-0.4, -0.2) is 24.5 Å². The third-order valence-corrected chi connectivity index (χ3v) is 4.24. The number of unbranched alkanes of at least 4 members (excludes halogenated alkanes) is 2. The minimum atomic E-state index is 0.147. The third-order valence-electron chi connectivity index (χ3n) is 3.71. The van der Waals surface area contributed by atoms with Crippen molar-refractivity contribution in [3.63, 3.8) is 0 Å². The molecule has 0 bridgehead atoms. The van der Waals surface area contributed by atoms with Gasteiger partial charge in [-0.1, -0.05) is 54.8 Å². The lowest BCUT2D eigenvalue weighted by atomic mass is 10.0. The number of hydrogen-bond donors (Lipinski definition) is 1. The average molecular weight is 341 g/mol. The molecule has 0 aromatic heterocycles. The lowest BCUT2D eigenvalue weighted by Crippen LogP contribution is -2.29. The first-order valence-electron chi connectivity index (χ1n) is 7.90. The van der Waals surface area contributed by atoms with Crippen molar-refractivity contribution in [3.8, 4) is 0 Å². The van der Waals surface area contributed by atoms with E-state index in [0.29, 0.717) is 0 Å². The highest BCUT2D eigenvalue weighted by atomic mass is 79.9. The van der Waals surface area contributed by atoms with E-state index in [9.17, 15) is 0 Å². The largest absolute Gasteiger partial charge is 0.324 e. The third kappa shape index (κ3) is 6.87. The highest BCUT2D eigenvalue weighted by Crippen LogP contribution is 2.18. The van der Waals surface area contributed by atoms with Crippen molar-refractivity contribution in [3.05, 3.63) is 34.3 Å². The monoisotopic (exact) mass is 340 g/mol. The first-order chi connectivity index (χ1) is 9.67. The summed E-state index contributed by atoms with van der Waals surface area (Å²) in [6.07, 6.45) is 6.15. The molecule has 1 unspecified atom stereocenters. The maximum Gasteiger partial charge on any atom is 0.0307 e. The van der Waals surface area contributed by atoms with Gasteiger partial charge in [-0.25, -0.2) is 0 Å². The van der Waals surface area contributed by atoms with Gasteiger partial charge in [0, 0.05) is 10.5 Å². The molecule has 114 valence electrons. The van der Waals surface area contributed by atoms with Gasteiger partial charge in [0.2, 0.25) is 0 Å². The Balaban J connectivity index is 2.41. The smallest absolute Gasteiger partial charge is 0.0307 e. The fourth-order valence-electron chi connectivity index (χ4n) is 2.30. The van der Waals surface area contributed by atoms with Crippen molar-refractivity contribution >= 4 is 15.9 Å². The number of hydrogen-bond acceptors (Lipinski definition) is 2. The maximum absolute atomic E-state index is 6.31. The zero-order chi connectivity index (χ0) is 14.8. The standard InChI is InChI=1S/C17H29BrN2/c1-3-5-12-20(13-6-4-2)14-11-17(19)15-7-9-16(18)10-8-15/h7-10,17H,3-6,11-14,19H2,1-2H3. The number of rotatable bonds is 10. The van der Waals surface area contributed by atoms with Crippen LogP contribution in [0.5, 0.6) is 0 Å². The normalized spacial score (nSPS) is 12.8. The van der Waals surface area contributed by atoms with E-state index in [1.165, 1.54) is 44.3 Å². The van der Waals surface area contributed by atoms with Gasteiger partial charge in [-0.15, -0.1) is 0 Å². The summed E-state index contributed by atoms with van der Waals surface area (Å²) < 4.78 is 1.11. The molecule has 2 N–H and O–H groups in total.